The molecular weight excluding hydrogens is 370 g/mol. The number of hydrogen-bond acceptors (Lipinski definition) is 5. The summed E-state index contributed by atoms with van der Waals surface area (Å²) in [4.78, 5) is 28.6. The third kappa shape index (κ3) is 3.14. The zero-order valence-electron chi connectivity index (χ0n) is 15.2. The monoisotopic (exact) mass is 389 g/mol. The Labute approximate surface area is 166 Å². The van der Waals surface area contributed by atoms with Crippen molar-refractivity contribution in [2.45, 2.75) is 12.8 Å². The Kier molecular flexibility index (Phi) is 4.29. The van der Waals surface area contributed by atoms with Gasteiger partial charge in [-0.2, -0.15) is 0 Å². The van der Waals surface area contributed by atoms with Gasteiger partial charge in [-0.3, -0.25) is 4.79 Å². The molecule has 0 saturated carbocycles. The van der Waals surface area contributed by atoms with Gasteiger partial charge in [0.25, 0.3) is 5.91 Å². The van der Waals surface area contributed by atoms with E-state index in [0.717, 1.165) is 59.2 Å². The van der Waals surface area contributed by atoms with Gasteiger partial charge in [0.05, 0.1) is 21.5 Å². The largest absolute Gasteiger partial charge is 0.356 e. The Hall–Kier alpha value is -3.19. The summed E-state index contributed by atoms with van der Waals surface area (Å²) in [5.74, 6) is 1.46. The highest BCUT2D eigenvalue weighted by Crippen LogP contribution is 2.27. The van der Waals surface area contributed by atoms with Gasteiger partial charge in [-0.05, 0) is 54.6 Å². The van der Waals surface area contributed by atoms with E-state index in [1.54, 1.807) is 23.6 Å². The first-order valence-corrected chi connectivity index (χ1v) is 10.2. The van der Waals surface area contributed by atoms with Crippen LogP contribution in [0, 0.1) is 0 Å². The third-order valence-corrected chi connectivity index (χ3v) is 5.81. The standard InChI is InChI=1S/C21H19N5OS/c27-21(15-5-3-9-22-20(15)26-10-1-2-11-26)23-14-7-8-16-17(13-14)25-19(24-16)18-6-4-12-28-18/h3-9,12-13H,1-2,10-11H2,(H,23,27)(H,24,25). The number of hydrogen-bond donors (Lipinski definition) is 2. The molecule has 1 aliphatic rings. The molecule has 1 saturated heterocycles. The number of rotatable bonds is 4. The topological polar surface area (TPSA) is 73.9 Å². The Morgan fingerprint density at radius 1 is 1.14 bits per heavy atom. The van der Waals surface area contributed by atoms with E-state index in [1.807, 2.05) is 41.8 Å². The van der Waals surface area contributed by atoms with Crippen LogP contribution in [0.1, 0.15) is 23.2 Å². The highest BCUT2D eigenvalue weighted by atomic mass is 32.1. The molecule has 6 nitrogen and oxygen atoms in total. The maximum atomic E-state index is 12.9. The van der Waals surface area contributed by atoms with E-state index < -0.39 is 0 Å². The van der Waals surface area contributed by atoms with E-state index >= 15 is 0 Å². The molecule has 5 rings (SSSR count). The minimum atomic E-state index is -0.146. The SMILES string of the molecule is O=C(Nc1ccc2nc(-c3cccs3)[nH]c2c1)c1cccnc1N1CCCC1. The number of aromatic nitrogens is 3. The molecule has 1 aromatic carbocycles. The zero-order chi connectivity index (χ0) is 18.9. The lowest BCUT2D eigenvalue weighted by Gasteiger charge is -2.19. The summed E-state index contributed by atoms with van der Waals surface area (Å²) in [6.45, 7) is 1.89. The van der Waals surface area contributed by atoms with E-state index in [1.165, 1.54) is 0 Å². The number of amides is 1. The average molecular weight is 389 g/mol. The molecule has 4 heterocycles. The van der Waals surface area contributed by atoms with Crippen molar-refractivity contribution in [1.29, 1.82) is 0 Å². The number of fused-ring (bicyclic) bond motifs is 1. The molecule has 0 aliphatic carbocycles. The molecule has 1 fully saturated rings. The second-order valence-electron chi connectivity index (χ2n) is 6.82. The van der Waals surface area contributed by atoms with Crippen molar-refractivity contribution in [2.75, 3.05) is 23.3 Å². The lowest BCUT2D eigenvalue weighted by atomic mass is 10.2. The molecule has 3 aromatic heterocycles. The fraction of sp³-hybridized carbons (Fsp3) is 0.190. The molecule has 4 aromatic rings. The van der Waals surface area contributed by atoms with E-state index in [2.05, 4.69) is 25.2 Å². The highest BCUT2D eigenvalue weighted by Gasteiger charge is 2.20. The number of nitrogens with zero attached hydrogens (tertiary/aromatic N) is 3. The van der Waals surface area contributed by atoms with E-state index in [4.69, 9.17) is 0 Å². The van der Waals surface area contributed by atoms with Crippen LogP contribution < -0.4 is 10.2 Å². The molecule has 0 atom stereocenters. The van der Waals surface area contributed by atoms with Crippen molar-refractivity contribution in [1.82, 2.24) is 15.0 Å². The van der Waals surface area contributed by atoms with Crippen molar-refractivity contribution >= 4 is 39.8 Å². The summed E-state index contributed by atoms with van der Waals surface area (Å²) in [6, 6.07) is 13.4. The smallest absolute Gasteiger partial charge is 0.259 e. The number of benzene rings is 1. The third-order valence-electron chi connectivity index (χ3n) is 4.93. The molecule has 2 N–H and O–H groups in total. The van der Waals surface area contributed by atoms with Gasteiger partial charge >= 0.3 is 0 Å². The number of carbonyl (C=O) groups excluding carboxylic acids is 1. The summed E-state index contributed by atoms with van der Waals surface area (Å²) in [5.41, 5.74) is 3.11. The van der Waals surface area contributed by atoms with Crippen LogP contribution in [-0.2, 0) is 0 Å². The number of H-pyrrole nitrogens is 1. The van der Waals surface area contributed by atoms with Gasteiger partial charge in [0.15, 0.2) is 0 Å². The number of anilines is 2. The van der Waals surface area contributed by atoms with Gasteiger partial charge in [0, 0.05) is 25.0 Å². The Balaban J connectivity index is 1.41. The van der Waals surface area contributed by atoms with Crippen LogP contribution in [0.25, 0.3) is 21.7 Å². The van der Waals surface area contributed by atoms with Crippen molar-refractivity contribution in [3.8, 4) is 10.7 Å². The van der Waals surface area contributed by atoms with Gasteiger partial charge < -0.3 is 15.2 Å². The van der Waals surface area contributed by atoms with Crippen LogP contribution in [0.5, 0.6) is 0 Å². The minimum absolute atomic E-state index is 0.146. The summed E-state index contributed by atoms with van der Waals surface area (Å²) >= 11 is 1.64. The van der Waals surface area contributed by atoms with Gasteiger partial charge in [0.1, 0.15) is 11.6 Å². The van der Waals surface area contributed by atoms with Gasteiger partial charge in [-0.15, -0.1) is 11.3 Å². The average Bonchev–Trinajstić information content (AvgIpc) is 3.48. The normalized spacial score (nSPS) is 13.9. The number of imidazole rings is 1. The summed E-state index contributed by atoms with van der Waals surface area (Å²) < 4.78 is 0. The fourth-order valence-corrected chi connectivity index (χ4v) is 4.24. The summed E-state index contributed by atoms with van der Waals surface area (Å²) in [6.07, 6.45) is 4.02. The predicted octanol–water partition coefficient (Wildman–Crippen LogP) is 4.54. The van der Waals surface area contributed by atoms with Crippen molar-refractivity contribution in [3.63, 3.8) is 0 Å². The predicted molar refractivity (Wildman–Crippen MR) is 113 cm³/mol. The maximum Gasteiger partial charge on any atom is 0.259 e. The van der Waals surface area contributed by atoms with Crippen LogP contribution in [0.3, 0.4) is 0 Å². The molecule has 28 heavy (non-hydrogen) atoms. The van der Waals surface area contributed by atoms with Crippen molar-refractivity contribution in [2.24, 2.45) is 0 Å². The highest BCUT2D eigenvalue weighted by molar-refractivity contribution is 7.13. The molecule has 0 spiro atoms. The number of carbonyl (C=O) groups is 1. The van der Waals surface area contributed by atoms with Crippen LogP contribution >= 0.6 is 11.3 Å². The molecule has 7 heteroatoms. The lowest BCUT2D eigenvalue weighted by molar-refractivity contribution is 0.102. The van der Waals surface area contributed by atoms with Gasteiger partial charge in [-0.1, -0.05) is 6.07 Å². The van der Waals surface area contributed by atoms with E-state index in [-0.39, 0.29) is 5.91 Å². The molecular formula is C21H19N5OS. The van der Waals surface area contributed by atoms with Crippen molar-refractivity contribution in [3.05, 3.63) is 59.6 Å². The van der Waals surface area contributed by atoms with Crippen molar-refractivity contribution < 1.29 is 4.79 Å². The van der Waals surface area contributed by atoms with Crippen LogP contribution in [-0.4, -0.2) is 33.9 Å². The van der Waals surface area contributed by atoms with Crippen LogP contribution in [0.2, 0.25) is 0 Å². The van der Waals surface area contributed by atoms with E-state index in [0.29, 0.717) is 5.56 Å². The number of aromatic amines is 1. The van der Waals surface area contributed by atoms with Crippen LogP contribution in [0.15, 0.2) is 54.0 Å². The maximum absolute atomic E-state index is 12.9. The zero-order valence-corrected chi connectivity index (χ0v) is 16.0. The molecule has 1 aliphatic heterocycles. The molecule has 1 amide bonds. The first-order chi connectivity index (χ1) is 13.8. The second-order valence-corrected chi connectivity index (χ2v) is 7.77. The second kappa shape index (κ2) is 7.09. The van der Waals surface area contributed by atoms with Gasteiger partial charge in [0.2, 0.25) is 0 Å². The fourth-order valence-electron chi connectivity index (χ4n) is 3.57. The summed E-state index contributed by atoms with van der Waals surface area (Å²) in [5, 5.41) is 5.04. The first-order valence-electron chi connectivity index (χ1n) is 9.33. The molecule has 0 bridgehead atoms. The first kappa shape index (κ1) is 16.9. The molecule has 140 valence electrons. The Bertz CT molecular complexity index is 1130. The number of pyridine rings is 1. The Morgan fingerprint density at radius 3 is 2.86 bits per heavy atom. The summed E-state index contributed by atoms with van der Waals surface area (Å²) in [7, 11) is 0. The molecule has 0 unspecified atom stereocenters. The quantitative estimate of drug-likeness (QED) is 0.537. The number of nitrogens with one attached hydrogen (secondary N) is 2. The van der Waals surface area contributed by atoms with Gasteiger partial charge in [-0.25, -0.2) is 9.97 Å². The molecule has 0 radical (unpaired) electrons. The lowest BCUT2D eigenvalue weighted by Crippen LogP contribution is -2.24. The van der Waals surface area contributed by atoms with E-state index in [9.17, 15) is 4.79 Å². The minimum Gasteiger partial charge on any atom is -0.356 e. The van der Waals surface area contributed by atoms with Crippen LogP contribution in [0.4, 0.5) is 11.5 Å². The number of thiophene rings is 1. The Morgan fingerprint density at radius 2 is 2.04 bits per heavy atom.